The lowest BCUT2D eigenvalue weighted by Crippen LogP contribution is -3.00. The minimum Gasteiger partial charge on any atom is -1.00 e. The fourth-order valence-electron chi connectivity index (χ4n) is 0.375. The molecule has 2 nitrogen and oxygen atoms in total. The number of halogens is 1. The highest BCUT2D eigenvalue weighted by Gasteiger charge is 2.04. The summed E-state index contributed by atoms with van der Waals surface area (Å²) in [7, 11) is 6.35. The molecule has 0 heterocycles. The maximum Gasteiger partial charge on any atom is 0.176 e. The average Bonchev–Trinajstić information content (AvgIpc) is 1.63. The molecule has 0 radical (unpaired) electrons. The van der Waals surface area contributed by atoms with Crippen molar-refractivity contribution in [3.05, 3.63) is 0 Å². The quantitative estimate of drug-likeness (QED) is 0.247. The van der Waals surface area contributed by atoms with Gasteiger partial charge in [0.2, 0.25) is 0 Å². The number of nitrogens with zero attached hydrogens (tertiary/aromatic N) is 1. The highest BCUT2D eigenvalue weighted by molar-refractivity contribution is 8.11. The third-order valence-corrected chi connectivity index (χ3v) is 1.50. The Morgan fingerprint density at radius 3 is 2.20 bits per heavy atom. The van der Waals surface area contributed by atoms with Crippen molar-refractivity contribution in [3.63, 3.8) is 0 Å². The maximum absolute atomic E-state index is 9.85. The number of hydrogen-bond donors (Lipinski definition) is 0. The van der Waals surface area contributed by atoms with Gasteiger partial charge >= 0.3 is 0 Å². The van der Waals surface area contributed by atoms with Crippen molar-refractivity contribution in [2.75, 3.05) is 33.4 Å². The molecule has 0 aliphatic rings. The van der Waals surface area contributed by atoms with Crippen molar-refractivity contribution >= 4 is 17.4 Å². The number of hydrogen-bond acceptors (Lipinski definition) is 2. The van der Waals surface area contributed by atoms with Crippen molar-refractivity contribution in [2.24, 2.45) is 0 Å². The van der Waals surface area contributed by atoms with Crippen molar-refractivity contribution in [1.29, 1.82) is 0 Å². The summed E-state index contributed by atoms with van der Waals surface area (Å²) >= 11 is 1.34. The first-order valence-corrected chi connectivity index (χ1v) is 3.97. The van der Waals surface area contributed by atoms with E-state index in [1.165, 1.54) is 11.8 Å². The standard InChI is InChI=1S/C6H14NOS.HI/c1-7(2,3)4-5-9-6-8;/h6H,4-5H2,1-3H3;1H/q+1;/p-1. The molecule has 0 aromatic rings. The fraction of sp³-hybridized carbons (Fsp3) is 0.833. The van der Waals surface area contributed by atoms with E-state index in [9.17, 15) is 4.79 Å². The third kappa shape index (κ3) is 11.5. The van der Waals surface area contributed by atoms with Crippen LogP contribution >= 0.6 is 11.8 Å². The van der Waals surface area contributed by atoms with Gasteiger partial charge in [-0.05, 0) is 0 Å². The van der Waals surface area contributed by atoms with E-state index in [-0.39, 0.29) is 24.0 Å². The first kappa shape index (κ1) is 13.3. The van der Waals surface area contributed by atoms with E-state index >= 15 is 0 Å². The number of rotatable bonds is 4. The molecular weight excluding hydrogens is 261 g/mol. The second-order valence-corrected chi connectivity index (χ2v) is 3.91. The van der Waals surface area contributed by atoms with Crippen molar-refractivity contribution in [2.45, 2.75) is 0 Å². The summed E-state index contributed by atoms with van der Waals surface area (Å²) in [4.78, 5) is 9.85. The lowest BCUT2D eigenvalue weighted by atomic mass is 10.6. The van der Waals surface area contributed by atoms with Gasteiger partial charge in [-0.15, -0.1) is 0 Å². The summed E-state index contributed by atoms with van der Waals surface area (Å²) in [5, 5.41) is 0. The molecule has 0 spiro atoms. The molecule has 10 heavy (non-hydrogen) atoms. The van der Waals surface area contributed by atoms with Crippen LogP contribution in [-0.4, -0.2) is 43.5 Å². The van der Waals surface area contributed by atoms with Crippen LogP contribution in [0.15, 0.2) is 0 Å². The Hall–Kier alpha value is 0.710. The van der Waals surface area contributed by atoms with Crippen LogP contribution in [0.25, 0.3) is 0 Å². The van der Waals surface area contributed by atoms with E-state index in [1.807, 2.05) is 0 Å². The van der Waals surface area contributed by atoms with Crippen LogP contribution in [0.1, 0.15) is 0 Å². The molecule has 0 unspecified atom stereocenters. The topological polar surface area (TPSA) is 17.1 Å². The van der Waals surface area contributed by atoms with Crippen molar-refractivity contribution in [1.82, 2.24) is 0 Å². The number of quaternary nitrogens is 1. The van der Waals surface area contributed by atoms with Gasteiger partial charge in [0.15, 0.2) is 5.62 Å². The minimum atomic E-state index is 0. The number of carbonyl (C=O) groups excluding carboxylic acids is 1. The van der Waals surface area contributed by atoms with Gasteiger partial charge in [0, 0.05) is 5.75 Å². The summed E-state index contributed by atoms with van der Waals surface area (Å²) in [6.07, 6.45) is 0. The van der Waals surface area contributed by atoms with Gasteiger partial charge in [0.25, 0.3) is 0 Å². The van der Waals surface area contributed by atoms with Gasteiger partial charge in [-0.2, -0.15) is 0 Å². The van der Waals surface area contributed by atoms with E-state index in [1.54, 1.807) is 0 Å². The normalized spacial score (nSPS) is 10.3. The molecule has 0 aromatic carbocycles. The Balaban J connectivity index is 0. The van der Waals surface area contributed by atoms with E-state index in [2.05, 4.69) is 21.1 Å². The molecular formula is C6H14INOS. The zero-order chi connectivity index (χ0) is 7.33. The molecule has 0 aliphatic carbocycles. The van der Waals surface area contributed by atoms with Gasteiger partial charge in [-0.25, -0.2) is 0 Å². The van der Waals surface area contributed by atoms with Crippen LogP contribution < -0.4 is 24.0 Å². The zero-order valence-corrected chi connectivity index (χ0v) is 9.61. The fourth-order valence-corrected chi connectivity index (χ4v) is 1.12. The average molecular weight is 275 g/mol. The smallest absolute Gasteiger partial charge is 0.176 e. The molecule has 0 atom stereocenters. The lowest BCUT2D eigenvalue weighted by molar-refractivity contribution is -0.867. The van der Waals surface area contributed by atoms with E-state index in [0.717, 1.165) is 22.4 Å². The summed E-state index contributed by atoms with van der Waals surface area (Å²) in [5.41, 5.74) is 0.898. The van der Waals surface area contributed by atoms with Crippen molar-refractivity contribution in [3.8, 4) is 0 Å². The number of carbonyl (C=O) groups is 1. The van der Waals surface area contributed by atoms with Crippen molar-refractivity contribution < 1.29 is 33.3 Å². The van der Waals surface area contributed by atoms with Crippen LogP contribution in [0.4, 0.5) is 0 Å². The van der Waals surface area contributed by atoms with Gasteiger partial charge in [0.1, 0.15) is 0 Å². The Morgan fingerprint density at radius 2 is 1.90 bits per heavy atom. The second kappa shape index (κ2) is 6.42. The summed E-state index contributed by atoms with van der Waals surface area (Å²) < 4.78 is 0.931. The van der Waals surface area contributed by atoms with E-state index in [0.29, 0.717) is 0 Å². The zero-order valence-electron chi connectivity index (χ0n) is 6.63. The highest BCUT2D eigenvalue weighted by Crippen LogP contribution is 1.97. The molecule has 62 valence electrons. The van der Waals surface area contributed by atoms with Crippen LogP contribution in [0.2, 0.25) is 0 Å². The molecule has 0 rings (SSSR count). The third-order valence-electron chi connectivity index (χ3n) is 0.948. The molecule has 0 saturated heterocycles. The predicted octanol–water partition coefficient (Wildman–Crippen LogP) is -2.38. The first-order chi connectivity index (χ1) is 4.06. The van der Waals surface area contributed by atoms with Gasteiger partial charge in [0.05, 0.1) is 27.7 Å². The Morgan fingerprint density at radius 1 is 1.40 bits per heavy atom. The van der Waals surface area contributed by atoms with Crippen LogP contribution in [0, 0.1) is 0 Å². The first-order valence-electron chi connectivity index (χ1n) is 2.92. The second-order valence-electron chi connectivity index (χ2n) is 2.98. The Bertz CT molecular complexity index is 92.2. The van der Waals surface area contributed by atoms with E-state index < -0.39 is 0 Å². The predicted molar refractivity (Wildman–Crippen MR) is 42.1 cm³/mol. The molecule has 0 N–H and O–H groups in total. The number of thioether (sulfide) groups is 1. The highest BCUT2D eigenvalue weighted by atomic mass is 127. The van der Waals surface area contributed by atoms with Gasteiger partial charge in [-0.3, -0.25) is 4.79 Å². The molecule has 0 aliphatic heterocycles. The van der Waals surface area contributed by atoms with Crippen LogP contribution in [0.5, 0.6) is 0 Å². The molecule has 0 bridgehead atoms. The molecule has 0 fully saturated rings. The molecule has 0 saturated carbocycles. The maximum atomic E-state index is 9.85. The van der Waals surface area contributed by atoms with Crippen LogP contribution in [-0.2, 0) is 4.79 Å². The summed E-state index contributed by atoms with van der Waals surface area (Å²) in [6, 6.07) is 0. The van der Waals surface area contributed by atoms with E-state index in [4.69, 9.17) is 0 Å². The molecule has 0 amide bonds. The summed E-state index contributed by atoms with van der Waals surface area (Å²) in [5.74, 6) is 0.924. The largest absolute Gasteiger partial charge is 1.00 e. The lowest BCUT2D eigenvalue weighted by Gasteiger charge is -2.22. The van der Waals surface area contributed by atoms with Gasteiger partial charge < -0.3 is 28.5 Å². The summed E-state index contributed by atoms with van der Waals surface area (Å²) in [6.45, 7) is 1.05. The molecule has 0 aromatic heterocycles. The molecule has 4 heteroatoms. The minimum absolute atomic E-state index is 0. The SMILES string of the molecule is C[N+](C)(C)CCSC=O.[I-]. The van der Waals surface area contributed by atoms with Gasteiger partial charge in [-0.1, -0.05) is 11.8 Å². The Labute approximate surface area is 84.0 Å². The van der Waals surface area contributed by atoms with Crippen LogP contribution in [0.3, 0.4) is 0 Å². The monoisotopic (exact) mass is 275 g/mol. The Kier molecular flexibility index (Phi) is 8.55.